The molecule has 15 heavy (non-hydrogen) atoms. The van der Waals surface area contributed by atoms with E-state index in [-0.39, 0.29) is 5.15 Å². The molecule has 1 aromatic rings. The number of halogens is 4. The van der Waals surface area contributed by atoms with E-state index in [1.165, 1.54) is 0 Å². The van der Waals surface area contributed by atoms with E-state index in [1.807, 2.05) is 0 Å². The van der Waals surface area contributed by atoms with Crippen LogP contribution < -0.4 is 5.32 Å². The smallest absolute Gasteiger partial charge is 0.311 e. The Balaban J connectivity index is 2.50. The largest absolute Gasteiger partial charge is 0.451 e. The summed E-state index contributed by atoms with van der Waals surface area (Å²) < 4.78 is 37.0. The summed E-state index contributed by atoms with van der Waals surface area (Å²) in [4.78, 5) is 6.72. The van der Waals surface area contributed by atoms with Crippen LogP contribution in [0, 0.1) is 0 Å². The summed E-state index contributed by atoms with van der Waals surface area (Å²) in [6.07, 6.45) is -3.98. The highest BCUT2D eigenvalue weighted by atomic mass is 35.5. The van der Waals surface area contributed by atoms with Crippen molar-refractivity contribution in [2.75, 3.05) is 6.54 Å². The van der Waals surface area contributed by atoms with Gasteiger partial charge in [-0.15, -0.1) is 0 Å². The molecule has 0 saturated heterocycles. The number of nitrogens with one attached hydrogen (secondary N) is 1. The maximum absolute atomic E-state index is 12.3. The third-order valence-electron chi connectivity index (χ3n) is 2.14. The van der Waals surface area contributed by atoms with Gasteiger partial charge in [0.2, 0.25) is 5.82 Å². The van der Waals surface area contributed by atoms with E-state index in [4.69, 9.17) is 11.6 Å². The first-order valence-corrected chi connectivity index (χ1v) is 4.69. The van der Waals surface area contributed by atoms with Gasteiger partial charge in [0.1, 0.15) is 5.15 Å². The molecule has 1 aliphatic heterocycles. The van der Waals surface area contributed by atoms with Gasteiger partial charge < -0.3 is 5.32 Å². The van der Waals surface area contributed by atoms with E-state index >= 15 is 0 Å². The van der Waals surface area contributed by atoms with Crippen molar-refractivity contribution in [1.82, 2.24) is 15.3 Å². The summed E-state index contributed by atoms with van der Waals surface area (Å²) >= 11 is 5.67. The Morgan fingerprint density at radius 3 is 2.67 bits per heavy atom. The van der Waals surface area contributed by atoms with E-state index in [9.17, 15) is 13.2 Å². The lowest BCUT2D eigenvalue weighted by molar-refractivity contribution is -0.145. The normalized spacial score (nSPS) is 16.3. The lowest BCUT2D eigenvalue weighted by Gasteiger charge is -2.18. The van der Waals surface area contributed by atoms with Gasteiger partial charge in [-0.25, -0.2) is 9.97 Å². The molecule has 2 heterocycles. The fraction of sp³-hybridized carbons (Fsp3) is 0.500. The molecule has 0 unspecified atom stereocenters. The average molecular weight is 238 g/mol. The van der Waals surface area contributed by atoms with Crippen molar-refractivity contribution in [2.45, 2.75) is 19.1 Å². The molecule has 0 fully saturated rings. The second-order valence-corrected chi connectivity index (χ2v) is 3.55. The van der Waals surface area contributed by atoms with Crippen LogP contribution in [0.25, 0.3) is 0 Å². The second kappa shape index (κ2) is 3.61. The SMILES string of the molecule is FC(F)(F)c1nc(Cl)c2c(n1)CNCC2. The van der Waals surface area contributed by atoms with Crippen LogP contribution in [0.1, 0.15) is 17.1 Å². The molecule has 1 aliphatic rings. The van der Waals surface area contributed by atoms with Crippen molar-refractivity contribution in [3.63, 3.8) is 0 Å². The molecular formula is C8H7ClF3N3. The standard InChI is InChI=1S/C8H7ClF3N3/c9-6-4-1-2-13-3-5(4)14-7(15-6)8(10,11)12/h13H,1-3H2. The summed E-state index contributed by atoms with van der Waals surface area (Å²) in [5.41, 5.74) is 0.956. The van der Waals surface area contributed by atoms with Gasteiger partial charge in [-0.2, -0.15) is 13.2 Å². The van der Waals surface area contributed by atoms with Gasteiger partial charge in [-0.1, -0.05) is 11.6 Å². The van der Waals surface area contributed by atoms with Crippen LogP contribution in [0.2, 0.25) is 5.15 Å². The zero-order chi connectivity index (χ0) is 11.1. The lowest BCUT2D eigenvalue weighted by Crippen LogP contribution is -2.27. The molecule has 0 spiro atoms. The molecule has 82 valence electrons. The molecule has 0 aromatic carbocycles. The van der Waals surface area contributed by atoms with Crippen LogP contribution in [0.15, 0.2) is 0 Å². The van der Waals surface area contributed by atoms with Gasteiger partial charge >= 0.3 is 6.18 Å². The van der Waals surface area contributed by atoms with Crippen molar-refractivity contribution in [1.29, 1.82) is 0 Å². The van der Waals surface area contributed by atoms with Crippen LogP contribution in [0.5, 0.6) is 0 Å². The maximum atomic E-state index is 12.3. The lowest BCUT2D eigenvalue weighted by atomic mass is 10.1. The Morgan fingerprint density at radius 1 is 1.27 bits per heavy atom. The first kappa shape index (κ1) is 10.6. The molecule has 0 saturated carbocycles. The first-order chi connectivity index (χ1) is 6.98. The number of nitrogens with zero attached hydrogens (tertiary/aromatic N) is 2. The van der Waals surface area contributed by atoms with Crippen LogP contribution in [-0.4, -0.2) is 16.5 Å². The zero-order valence-corrected chi connectivity index (χ0v) is 8.28. The molecule has 0 bridgehead atoms. The third-order valence-corrected chi connectivity index (χ3v) is 2.45. The maximum Gasteiger partial charge on any atom is 0.451 e. The van der Waals surface area contributed by atoms with Gasteiger partial charge in [0, 0.05) is 12.1 Å². The first-order valence-electron chi connectivity index (χ1n) is 4.31. The zero-order valence-electron chi connectivity index (χ0n) is 7.53. The fourth-order valence-electron chi connectivity index (χ4n) is 1.44. The minimum Gasteiger partial charge on any atom is -0.311 e. The number of alkyl halides is 3. The molecule has 0 aliphatic carbocycles. The van der Waals surface area contributed by atoms with Crippen molar-refractivity contribution in [3.8, 4) is 0 Å². The number of fused-ring (bicyclic) bond motifs is 1. The van der Waals surface area contributed by atoms with Gasteiger partial charge in [0.15, 0.2) is 0 Å². The summed E-state index contributed by atoms with van der Waals surface area (Å²) in [5.74, 6) is -1.17. The van der Waals surface area contributed by atoms with E-state index in [1.54, 1.807) is 0 Å². The van der Waals surface area contributed by atoms with Crippen LogP contribution in [0.4, 0.5) is 13.2 Å². The second-order valence-electron chi connectivity index (χ2n) is 3.19. The Morgan fingerprint density at radius 2 is 2.00 bits per heavy atom. The molecule has 2 rings (SSSR count). The Kier molecular flexibility index (Phi) is 2.56. The van der Waals surface area contributed by atoms with E-state index in [2.05, 4.69) is 15.3 Å². The summed E-state index contributed by atoms with van der Waals surface area (Å²) in [5, 5.41) is 2.84. The van der Waals surface area contributed by atoms with Gasteiger partial charge in [0.05, 0.1) is 5.69 Å². The topological polar surface area (TPSA) is 37.8 Å². The number of hydrogen-bond acceptors (Lipinski definition) is 3. The van der Waals surface area contributed by atoms with Crippen LogP contribution in [-0.2, 0) is 19.1 Å². The van der Waals surface area contributed by atoms with Crippen molar-refractivity contribution in [2.24, 2.45) is 0 Å². The number of hydrogen-bond donors (Lipinski definition) is 1. The summed E-state index contributed by atoms with van der Waals surface area (Å²) in [6, 6.07) is 0. The predicted octanol–water partition coefficient (Wildman–Crippen LogP) is 1.79. The summed E-state index contributed by atoms with van der Waals surface area (Å²) in [7, 11) is 0. The van der Waals surface area contributed by atoms with E-state index < -0.39 is 12.0 Å². The highest BCUT2D eigenvalue weighted by Gasteiger charge is 2.36. The Bertz CT molecular complexity index is 391. The molecule has 0 atom stereocenters. The minimum absolute atomic E-state index is 0.0891. The quantitative estimate of drug-likeness (QED) is 0.699. The van der Waals surface area contributed by atoms with Crippen LogP contribution in [0.3, 0.4) is 0 Å². The van der Waals surface area contributed by atoms with Crippen molar-refractivity contribution in [3.05, 3.63) is 22.2 Å². The molecule has 7 heteroatoms. The monoisotopic (exact) mass is 237 g/mol. The minimum atomic E-state index is -4.55. The van der Waals surface area contributed by atoms with Gasteiger partial charge in [-0.3, -0.25) is 0 Å². The molecule has 1 aromatic heterocycles. The van der Waals surface area contributed by atoms with Gasteiger partial charge in [-0.05, 0) is 13.0 Å². The van der Waals surface area contributed by atoms with Gasteiger partial charge in [0.25, 0.3) is 0 Å². The Labute approximate surface area is 88.7 Å². The van der Waals surface area contributed by atoms with E-state index in [0.29, 0.717) is 30.8 Å². The fourth-order valence-corrected chi connectivity index (χ4v) is 1.72. The van der Waals surface area contributed by atoms with Crippen molar-refractivity contribution < 1.29 is 13.2 Å². The Hall–Kier alpha value is -0.880. The third kappa shape index (κ3) is 2.05. The average Bonchev–Trinajstić information content (AvgIpc) is 2.16. The molecular weight excluding hydrogens is 231 g/mol. The number of rotatable bonds is 0. The van der Waals surface area contributed by atoms with Crippen LogP contribution >= 0.6 is 11.6 Å². The van der Waals surface area contributed by atoms with E-state index in [0.717, 1.165) is 0 Å². The molecule has 0 amide bonds. The molecule has 3 nitrogen and oxygen atoms in total. The highest BCUT2D eigenvalue weighted by Crippen LogP contribution is 2.29. The predicted molar refractivity (Wildman–Crippen MR) is 47.5 cm³/mol. The molecule has 1 N–H and O–H groups in total. The highest BCUT2D eigenvalue weighted by molar-refractivity contribution is 6.30. The van der Waals surface area contributed by atoms with Crippen molar-refractivity contribution >= 4 is 11.6 Å². The summed E-state index contributed by atoms with van der Waals surface area (Å²) in [6.45, 7) is 0.988. The molecule has 0 radical (unpaired) electrons. The number of aromatic nitrogens is 2.